The van der Waals surface area contributed by atoms with E-state index >= 15 is 0 Å². The highest BCUT2D eigenvalue weighted by atomic mass is 16.5. The predicted octanol–water partition coefficient (Wildman–Crippen LogP) is 2.11. The number of fused-ring (bicyclic) bond motifs is 1. The van der Waals surface area contributed by atoms with Crippen LogP contribution in [0.15, 0.2) is 36.7 Å². The molecular formula is C13H12N4O. The number of ether oxygens (including phenoxy) is 1. The van der Waals surface area contributed by atoms with E-state index in [0.717, 1.165) is 22.7 Å². The summed E-state index contributed by atoms with van der Waals surface area (Å²) in [5, 5.41) is 4.39. The van der Waals surface area contributed by atoms with Gasteiger partial charge in [-0.1, -0.05) is 12.1 Å². The van der Waals surface area contributed by atoms with Crippen LogP contribution in [0.5, 0.6) is 5.75 Å². The SMILES string of the molecule is COc1cccc(-c2nc3cc(C)ncn3n2)c1. The second-order valence-corrected chi connectivity index (χ2v) is 4.00. The van der Waals surface area contributed by atoms with Gasteiger partial charge in [-0.05, 0) is 19.1 Å². The number of aryl methyl sites for hydroxylation is 1. The molecule has 1 aromatic carbocycles. The summed E-state index contributed by atoms with van der Waals surface area (Å²) in [6.07, 6.45) is 1.67. The van der Waals surface area contributed by atoms with Crippen molar-refractivity contribution in [2.45, 2.75) is 6.92 Å². The smallest absolute Gasteiger partial charge is 0.182 e. The maximum Gasteiger partial charge on any atom is 0.182 e. The van der Waals surface area contributed by atoms with Crippen LogP contribution in [-0.2, 0) is 0 Å². The fraction of sp³-hybridized carbons (Fsp3) is 0.154. The molecule has 0 saturated carbocycles. The molecule has 0 aliphatic rings. The summed E-state index contributed by atoms with van der Waals surface area (Å²) in [5.74, 6) is 1.46. The lowest BCUT2D eigenvalue weighted by Crippen LogP contribution is -1.90. The van der Waals surface area contributed by atoms with E-state index in [1.807, 2.05) is 37.3 Å². The number of benzene rings is 1. The second kappa shape index (κ2) is 4.10. The number of nitrogens with zero attached hydrogens (tertiary/aromatic N) is 4. The van der Waals surface area contributed by atoms with Gasteiger partial charge in [0, 0.05) is 17.3 Å². The lowest BCUT2D eigenvalue weighted by Gasteiger charge is -2.00. The monoisotopic (exact) mass is 240 g/mol. The first kappa shape index (κ1) is 10.7. The summed E-state index contributed by atoms with van der Waals surface area (Å²) in [6, 6.07) is 9.58. The van der Waals surface area contributed by atoms with Crippen LogP contribution in [0.1, 0.15) is 5.69 Å². The minimum absolute atomic E-state index is 0.668. The molecule has 0 saturated heterocycles. The van der Waals surface area contributed by atoms with Crippen molar-refractivity contribution in [3.05, 3.63) is 42.4 Å². The zero-order valence-corrected chi connectivity index (χ0v) is 10.2. The average Bonchev–Trinajstić information content (AvgIpc) is 2.81. The molecule has 3 aromatic rings. The van der Waals surface area contributed by atoms with Crippen molar-refractivity contribution in [2.24, 2.45) is 0 Å². The van der Waals surface area contributed by atoms with E-state index < -0.39 is 0 Å². The summed E-state index contributed by atoms with van der Waals surface area (Å²) in [6.45, 7) is 1.93. The van der Waals surface area contributed by atoms with E-state index in [2.05, 4.69) is 15.1 Å². The van der Waals surface area contributed by atoms with Crippen molar-refractivity contribution < 1.29 is 4.74 Å². The van der Waals surface area contributed by atoms with Crippen molar-refractivity contribution >= 4 is 5.65 Å². The minimum atomic E-state index is 0.668. The molecule has 0 bridgehead atoms. The Morgan fingerprint density at radius 2 is 2.11 bits per heavy atom. The molecule has 0 unspecified atom stereocenters. The third-order valence-electron chi connectivity index (χ3n) is 2.69. The van der Waals surface area contributed by atoms with Crippen LogP contribution in [0.2, 0.25) is 0 Å². The molecule has 90 valence electrons. The van der Waals surface area contributed by atoms with Gasteiger partial charge >= 0.3 is 0 Å². The third-order valence-corrected chi connectivity index (χ3v) is 2.69. The first-order valence-electron chi connectivity index (χ1n) is 5.60. The van der Waals surface area contributed by atoms with E-state index in [-0.39, 0.29) is 0 Å². The van der Waals surface area contributed by atoms with Crippen molar-refractivity contribution in [1.82, 2.24) is 19.6 Å². The summed E-state index contributed by atoms with van der Waals surface area (Å²) in [4.78, 5) is 8.66. The van der Waals surface area contributed by atoms with Gasteiger partial charge in [0.05, 0.1) is 7.11 Å². The largest absolute Gasteiger partial charge is 0.497 e. The maximum absolute atomic E-state index is 5.19. The molecule has 0 N–H and O–H groups in total. The molecular weight excluding hydrogens is 228 g/mol. The lowest BCUT2D eigenvalue weighted by atomic mass is 10.2. The van der Waals surface area contributed by atoms with Gasteiger partial charge in [-0.25, -0.2) is 14.5 Å². The standard InChI is InChI=1S/C13H12N4O/c1-9-6-12-15-13(16-17(12)8-14-9)10-4-3-5-11(7-10)18-2/h3-8H,1-2H3. The molecule has 0 radical (unpaired) electrons. The molecule has 0 aliphatic heterocycles. The Bertz CT molecular complexity index is 705. The van der Waals surface area contributed by atoms with Gasteiger partial charge in [0.25, 0.3) is 0 Å². The molecule has 3 rings (SSSR count). The van der Waals surface area contributed by atoms with Gasteiger partial charge in [-0.2, -0.15) is 0 Å². The van der Waals surface area contributed by atoms with Crippen LogP contribution < -0.4 is 4.74 Å². The van der Waals surface area contributed by atoms with Crippen LogP contribution in [0, 0.1) is 6.92 Å². The van der Waals surface area contributed by atoms with Crippen LogP contribution in [-0.4, -0.2) is 26.7 Å². The molecule has 0 amide bonds. The normalized spacial score (nSPS) is 10.8. The Morgan fingerprint density at radius 3 is 2.94 bits per heavy atom. The topological polar surface area (TPSA) is 52.3 Å². The van der Waals surface area contributed by atoms with Gasteiger partial charge in [0.1, 0.15) is 12.1 Å². The zero-order valence-electron chi connectivity index (χ0n) is 10.2. The second-order valence-electron chi connectivity index (χ2n) is 4.00. The van der Waals surface area contributed by atoms with Crippen LogP contribution in [0.4, 0.5) is 0 Å². The Labute approximate surface area is 104 Å². The molecule has 5 heteroatoms. The Balaban J connectivity index is 2.13. The molecule has 2 heterocycles. The van der Waals surface area contributed by atoms with E-state index in [0.29, 0.717) is 5.82 Å². The lowest BCUT2D eigenvalue weighted by molar-refractivity contribution is 0.415. The molecule has 0 aliphatic carbocycles. The number of hydrogen-bond acceptors (Lipinski definition) is 4. The first-order valence-corrected chi connectivity index (χ1v) is 5.60. The molecule has 0 atom stereocenters. The quantitative estimate of drug-likeness (QED) is 0.688. The number of aromatic nitrogens is 4. The number of rotatable bonds is 2. The molecule has 0 spiro atoms. The Kier molecular flexibility index (Phi) is 2.44. The minimum Gasteiger partial charge on any atom is -0.497 e. The fourth-order valence-corrected chi connectivity index (χ4v) is 1.77. The highest BCUT2D eigenvalue weighted by Gasteiger charge is 2.07. The van der Waals surface area contributed by atoms with Crippen molar-refractivity contribution in [2.75, 3.05) is 7.11 Å². The van der Waals surface area contributed by atoms with E-state index in [1.165, 1.54) is 0 Å². The highest BCUT2D eigenvalue weighted by Crippen LogP contribution is 2.21. The number of methoxy groups -OCH3 is 1. The molecule has 18 heavy (non-hydrogen) atoms. The van der Waals surface area contributed by atoms with Gasteiger partial charge in [0.2, 0.25) is 0 Å². The molecule has 5 nitrogen and oxygen atoms in total. The summed E-state index contributed by atoms with van der Waals surface area (Å²) >= 11 is 0. The van der Waals surface area contributed by atoms with Gasteiger partial charge in [-0.3, -0.25) is 0 Å². The van der Waals surface area contributed by atoms with Gasteiger partial charge < -0.3 is 4.74 Å². The number of hydrogen-bond donors (Lipinski definition) is 0. The van der Waals surface area contributed by atoms with Crippen molar-refractivity contribution in [3.63, 3.8) is 0 Å². The van der Waals surface area contributed by atoms with Crippen LogP contribution in [0.3, 0.4) is 0 Å². The van der Waals surface area contributed by atoms with Gasteiger partial charge in [-0.15, -0.1) is 5.10 Å². The Morgan fingerprint density at radius 1 is 1.22 bits per heavy atom. The maximum atomic E-state index is 5.19. The van der Waals surface area contributed by atoms with Crippen molar-refractivity contribution in [1.29, 1.82) is 0 Å². The zero-order chi connectivity index (χ0) is 12.5. The fourth-order valence-electron chi connectivity index (χ4n) is 1.77. The van der Waals surface area contributed by atoms with Crippen LogP contribution in [0.25, 0.3) is 17.0 Å². The summed E-state index contributed by atoms with van der Waals surface area (Å²) < 4.78 is 6.86. The van der Waals surface area contributed by atoms with E-state index in [9.17, 15) is 0 Å². The third kappa shape index (κ3) is 1.79. The van der Waals surface area contributed by atoms with Gasteiger partial charge in [0.15, 0.2) is 11.5 Å². The van der Waals surface area contributed by atoms with Crippen LogP contribution >= 0.6 is 0 Å². The summed E-state index contributed by atoms with van der Waals surface area (Å²) in [5.41, 5.74) is 2.64. The predicted molar refractivity (Wildman–Crippen MR) is 67.5 cm³/mol. The van der Waals surface area contributed by atoms with E-state index in [1.54, 1.807) is 18.0 Å². The summed E-state index contributed by atoms with van der Waals surface area (Å²) in [7, 11) is 1.64. The highest BCUT2D eigenvalue weighted by molar-refractivity contribution is 5.60. The molecule has 2 aromatic heterocycles. The average molecular weight is 240 g/mol. The van der Waals surface area contributed by atoms with Crippen molar-refractivity contribution in [3.8, 4) is 17.1 Å². The first-order chi connectivity index (χ1) is 8.76. The van der Waals surface area contributed by atoms with E-state index in [4.69, 9.17) is 4.74 Å². The Hall–Kier alpha value is -2.43. The molecule has 0 fully saturated rings.